The van der Waals surface area contributed by atoms with Gasteiger partial charge in [-0.2, -0.15) is 13.2 Å². The molecule has 0 bridgehead atoms. The second kappa shape index (κ2) is 13.6. The second-order valence-electron chi connectivity index (χ2n) is 11.0. The van der Waals surface area contributed by atoms with E-state index >= 15 is 0 Å². The summed E-state index contributed by atoms with van der Waals surface area (Å²) in [4.78, 5) is 31.2. The van der Waals surface area contributed by atoms with E-state index in [-0.39, 0.29) is 11.7 Å². The number of hydrogen-bond acceptors (Lipinski definition) is 4. The first-order chi connectivity index (χ1) is 22.7. The monoisotopic (exact) mass is 747 g/mol. The Morgan fingerprint density at radius 3 is 2.00 bits per heavy atom. The molecular formula is C37H29F3IN3O3. The zero-order valence-corrected chi connectivity index (χ0v) is 27.1. The van der Waals surface area contributed by atoms with Crippen molar-refractivity contribution in [2.24, 2.45) is 0 Å². The third kappa shape index (κ3) is 6.47. The molecule has 0 atom stereocenters. The normalized spacial score (nSPS) is 12.9. The molecule has 10 heteroatoms. The van der Waals surface area contributed by atoms with Crippen LogP contribution in [0, 0.1) is 0 Å². The molecule has 5 aromatic rings. The summed E-state index contributed by atoms with van der Waals surface area (Å²) in [7, 11) is 0. The Balaban J connectivity index is 1.11. The number of pyridine rings is 1. The van der Waals surface area contributed by atoms with E-state index in [1.54, 1.807) is 36.4 Å². The lowest BCUT2D eigenvalue weighted by atomic mass is 9.73. The maximum absolute atomic E-state index is 13.7. The highest BCUT2D eigenvalue weighted by Crippen LogP contribution is 2.51. The lowest BCUT2D eigenvalue weighted by molar-refractivity contribution is -0.137. The number of nitrogens with zero attached hydrogens (tertiary/aromatic N) is 1. The van der Waals surface area contributed by atoms with Gasteiger partial charge in [0.1, 0.15) is 17.0 Å². The van der Waals surface area contributed by atoms with Crippen LogP contribution in [-0.4, -0.2) is 28.0 Å². The first-order valence-corrected chi connectivity index (χ1v) is 16.5. The number of ether oxygens (including phenoxy) is 1. The molecule has 1 aromatic heterocycles. The molecule has 6 nitrogen and oxygen atoms in total. The van der Waals surface area contributed by atoms with E-state index < -0.39 is 23.1 Å². The fourth-order valence-corrected chi connectivity index (χ4v) is 6.53. The number of carbonyl (C=O) groups excluding carboxylic acids is 2. The predicted octanol–water partition coefficient (Wildman–Crippen LogP) is 8.65. The van der Waals surface area contributed by atoms with Crippen LogP contribution < -0.4 is 15.4 Å². The topological polar surface area (TPSA) is 80.3 Å². The molecule has 2 amide bonds. The van der Waals surface area contributed by atoms with Gasteiger partial charge in [0.15, 0.2) is 0 Å². The van der Waals surface area contributed by atoms with E-state index in [1.807, 2.05) is 36.4 Å². The van der Waals surface area contributed by atoms with Gasteiger partial charge >= 0.3 is 6.18 Å². The highest BCUT2D eigenvalue weighted by Gasteiger charge is 2.48. The van der Waals surface area contributed by atoms with E-state index in [0.29, 0.717) is 46.4 Å². The number of amides is 2. The molecule has 0 saturated heterocycles. The van der Waals surface area contributed by atoms with Crippen molar-refractivity contribution in [1.29, 1.82) is 0 Å². The molecule has 2 N–H and O–H groups in total. The fraction of sp³-hybridized carbons (Fsp3) is 0.162. The van der Waals surface area contributed by atoms with Crippen molar-refractivity contribution in [3.63, 3.8) is 0 Å². The van der Waals surface area contributed by atoms with E-state index in [0.717, 1.165) is 34.4 Å². The molecule has 47 heavy (non-hydrogen) atoms. The Morgan fingerprint density at radius 1 is 0.787 bits per heavy atom. The second-order valence-corrected chi connectivity index (χ2v) is 11.8. The Bertz CT molecular complexity index is 1870. The number of rotatable bonds is 10. The van der Waals surface area contributed by atoms with Crippen molar-refractivity contribution < 1.29 is 27.5 Å². The van der Waals surface area contributed by atoms with Gasteiger partial charge in [-0.25, -0.2) is 4.98 Å². The van der Waals surface area contributed by atoms with Crippen molar-refractivity contribution in [2.45, 2.75) is 24.4 Å². The number of nitrogens with one attached hydrogen (secondary N) is 2. The van der Waals surface area contributed by atoms with Crippen LogP contribution in [0.4, 0.5) is 19.0 Å². The van der Waals surface area contributed by atoms with Gasteiger partial charge in [0.2, 0.25) is 5.91 Å². The molecule has 0 unspecified atom stereocenters. The number of alkyl halides is 4. The number of fused-ring (bicyclic) bond motifs is 3. The average Bonchev–Trinajstić information content (AvgIpc) is 3.38. The van der Waals surface area contributed by atoms with Crippen LogP contribution in [0.2, 0.25) is 0 Å². The molecule has 0 saturated carbocycles. The van der Waals surface area contributed by atoms with Gasteiger partial charge < -0.3 is 15.4 Å². The molecule has 6 rings (SSSR count). The average molecular weight is 748 g/mol. The molecule has 1 aliphatic carbocycles. The molecule has 0 radical (unpaired) electrons. The van der Waals surface area contributed by atoms with Crippen molar-refractivity contribution >= 4 is 40.2 Å². The van der Waals surface area contributed by atoms with Crippen molar-refractivity contribution in [1.82, 2.24) is 10.3 Å². The highest BCUT2D eigenvalue weighted by molar-refractivity contribution is 14.1. The van der Waals surface area contributed by atoms with Gasteiger partial charge in [0, 0.05) is 5.56 Å². The number of anilines is 1. The minimum atomic E-state index is -4.45. The smallest absolute Gasteiger partial charge is 0.416 e. The minimum absolute atomic E-state index is 0.0362. The van der Waals surface area contributed by atoms with Crippen molar-refractivity contribution in [2.75, 3.05) is 16.5 Å². The molecule has 1 heterocycles. The number of aromatic nitrogens is 1. The Kier molecular flexibility index (Phi) is 9.31. The fourth-order valence-electron chi connectivity index (χ4n) is 6.19. The number of carbonyl (C=O) groups is 2. The summed E-state index contributed by atoms with van der Waals surface area (Å²) in [5.74, 6) is 0.309. The van der Waals surface area contributed by atoms with Gasteiger partial charge in [-0.05, 0) is 76.6 Å². The Morgan fingerprint density at radius 2 is 1.40 bits per heavy atom. The zero-order chi connectivity index (χ0) is 33.0. The molecule has 0 spiro atoms. The van der Waals surface area contributed by atoms with Crippen LogP contribution in [0.3, 0.4) is 0 Å². The van der Waals surface area contributed by atoms with Gasteiger partial charge in [-0.1, -0.05) is 101 Å². The lowest BCUT2D eigenvalue weighted by Crippen LogP contribution is -2.44. The summed E-state index contributed by atoms with van der Waals surface area (Å²) in [6.45, 7) is 0.345. The van der Waals surface area contributed by atoms with Crippen molar-refractivity contribution in [3.05, 3.63) is 138 Å². The van der Waals surface area contributed by atoms with E-state index in [1.165, 1.54) is 18.3 Å². The third-order valence-corrected chi connectivity index (χ3v) is 8.70. The van der Waals surface area contributed by atoms with Crippen LogP contribution in [-0.2, 0) is 16.4 Å². The lowest BCUT2D eigenvalue weighted by Gasteiger charge is -2.30. The molecule has 1 aliphatic rings. The van der Waals surface area contributed by atoms with E-state index in [4.69, 9.17) is 4.74 Å². The summed E-state index contributed by atoms with van der Waals surface area (Å²) in [5, 5.41) is 5.80. The standard InChI is InChI=1S/C37H29F3IN3O3/c38-37(39,40)25-16-14-24(15-17-25)27-8-1-2-11-30(27)34(45)44-33-19-18-26(22-42-33)47-21-7-20-36(35(46)43-23-41)31-12-5-3-9-28(31)29-10-4-6-13-32(29)36/h1-6,8-19,22H,7,20-21,23H2,(H,43,46)(H,42,44,45). The maximum atomic E-state index is 13.7. The van der Waals surface area contributed by atoms with Crippen LogP contribution in [0.1, 0.15) is 39.9 Å². The molecule has 238 valence electrons. The first-order valence-electron chi connectivity index (χ1n) is 14.9. The Labute approximate surface area is 283 Å². The number of halogens is 4. The predicted molar refractivity (Wildman–Crippen MR) is 183 cm³/mol. The van der Waals surface area contributed by atoms with Crippen LogP contribution in [0.25, 0.3) is 22.3 Å². The first kappa shape index (κ1) is 32.2. The largest absolute Gasteiger partial charge is 0.492 e. The summed E-state index contributed by atoms with van der Waals surface area (Å²) in [5.41, 5.74) is 3.80. The van der Waals surface area contributed by atoms with Crippen LogP contribution in [0.5, 0.6) is 5.75 Å². The van der Waals surface area contributed by atoms with Gasteiger partial charge in [0.05, 0.1) is 22.9 Å². The SMILES string of the molecule is O=C(Nc1ccc(OCCCC2(C(=O)NCI)c3ccccc3-c3ccccc32)cn1)c1ccccc1-c1ccc(C(F)(F)F)cc1. The number of benzene rings is 4. The third-order valence-electron chi connectivity index (χ3n) is 8.32. The molecule has 4 aromatic carbocycles. The maximum Gasteiger partial charge on any atom is 0.416 e. The summed E-state index contributed by atoms with van der Waals surface area (Å²) >= 11 is 2.14. The van der Waals surface area contributed by atoms with Crippen LogP contribution in [0.15, 0.2) is 115 Å². The quantitative estimate of drug-likeness (QED) is 0.0649. The highest BCUT2D eigenvalue weighted by atomic mass is 127. The van der Waals surface area contributed by atoms with Crippen LogP contribution >= 0.6 is 22.6 Å². The summed E-state index contributed by atoms with van der Waals surface area (Å²) < 4.78 is 45.6. The van der Waals surface area contributed by atoms with Gasteiger partial charge in [-0.15, -0.1) is 0 Å². The van der Waals surface area contributed by atoms with Gasteiger partial charge in [0.25, 0.3) is 5.91 Å². The number of hydrogen-bond donors (Lipinski definition) is 2. The van der Waals surface area contributed by atoms with E-state index in [2.05, 4.69) is 50.3 Å². The molecule has 0 aliphatic heterocycles. The molecule has 0 fully saturated rings. The summed E-state index contributed by atoms with van der Waals surface area (Å²) in [6, 6.07) is 30.8. The Hall–Kier alpha value is -4.71. The minimum Gasteiger partial charge on any atom is -0.492 e. The van der Waals surface area contributed by atoms with E-state index in [9.17, 15) is 22.8 Å². The van der Waals surface area contributed by atoms with Gasteiger partial charge in [-0.3, -0.25) is 9.59 Å². The molecular weight excluding hydrogens is 718 g/mol. The summed E-state index contributed by atoms with van der Waals surface area (Å²) in [6.07, 6.45) is -1.80. The zero-order valence-electron chi connectivity index (χ0n) is 25.0. The van der Waals surface area contributed by atoms with Crippen molar-refractivity contribution in [3.8, 4) is 28.0 Å².